The molecule has 0 N–H and O–H groups in total. The van der Waals surface area contributed by atoms with Gasteiger partial charge in [-0.25, -0.2) is 0 Å². The highest BCUT2D eigenvalue weighted by Gasteiger charge is 2.30. The molecule has 0 heterocycles. The number of benzene rings is 2. The van der Waals surface area contributed by atoms with E-state index in [1.165, 1.54) is 12.1 Å². The number of rotatable bonds is 3. The summed E-state index contributed by atoms with van der Waals surface area (Å²) in [6, 6.07) is 8.04. The molecule has 6 heteroatoms. The van der Waals surface area contributed by atoms with Gasteiger partial charge in [-0.05, 0) is 73.6 Å². The number of aryl methyl sites for hydroxylation is 2. The van der Waals surface area contributed by atoms with Gasteiger partial charge in [0.15, 0.2) is 0 Å². The summed E-state index contributed by atoms with van der Waals surface area (Å²) in [7, 11) is 0. The standard InChI is InChI=1S/C16H12F3NOS/c1-10-7-14(8-11(2)15(10)20-9-22)21-13-5-3-12(4-6-13)16(17,18)19/h3-8H,1-2H3. The van der Waals surface area contributed by atoms with E-state index in [2.05, 4.69) is 22.4 Å². The van der Waals surface area contributed by atoms with Crippen LogP contribution in [-0.4, -0.2) is 5.16 Å². The first kappa shape index (κ1) is 16.2. The van der Waals surface area contributed by atoms with Crippen LogP contribution in [0.15, 0.2) is 41.4 Å². The summed E-state index contributed by atoms with van der Waals surface area (Å²) in [6.07, 6.45) is -4.36. The molecule has 2 aromatic carbocycles. The van der Waals surface area contributed by atoms with Crippen molar-refractivity contribution < 1.29 is 17.9 Å². The summed E-state index contributed by atoms with van der Waals surface area (Å²) < 4.78 is 43.1. The van der Waals surface area contributed by atoms with Gasteiger partial charge in [0.05, 0.1) is 16.4 Å². The third-order valence-electron chi connectivity index (χ3n) is 3.04. The molecule has 0 saturated heterocycles. The van der Waals surface area contributed by atoms with Gasteiger partial charge in [-0.15, -0.1) is 0 Å². The molecule has 0 bridgehead atoms. The van der Waals surface area contributed by atoms with Crippen molar-refractivity contribution in [3.05, 3.63) is 53.1 Å². The molecule has 0 spiro atoms. The van der Waals surface area contributed by atoms with Gasteiger partial charge >= 0.3 is 6.18 Å². The molecule has 22 heavy (non-hydrogen) atoms. The van der Waals surface area contributed by atoms with Crippen molar-refractivity contribution in [2.24, 2.45) is 4.99 Å². The summed E-state index contributed by atoms with van der Waals surface area (Å²) in [6.45, 7) is 3.69. The zero-order valence-electron chi connectivity index (χ0n) is 11.9. The minimum absolute atomic E-state index is 0.331. The molecule has 2 aromatic rings. The quantitative estimate of drug-likeness (QED) is 0.522. The average molecular weight is 323 g/mol. The number of isothiocyanates is 1. The van der Waals surface area contributed by atoms with Crippen LogP contribution in [0.1, 0.15) is 16.7 Å². The Hall–Kier alpha value is -2.17. The monoisotopic (exact) mass is 323 g/mol. The lowest BCUT2D eigenvalue weighted by Crippen LogP contribution is -2.04. The Labute approximate surface area is 131 Å². The van der Waals surface area contributed by atoms with Crippen LogP contribution in [0.3, 0.4) is 0 Å². The van der Waals surface area contributed by atoms with Crippen molar-refractivity contribution in [1.82, 2.24) is 0 Å². The summed E-state index contributed by atoms with van der Waals surface area (Å²) in [5.74, 6) is 0.857. The van der Waals surface area contributed by atoms with Crippen LogP contribution in [0.4, 0.5) is 18.9 Å². The van der Waals surface area contributed by atoms with Crippen LogP contribution in [0, 0.1) is 13.8 Å². The van der Waals surface area contributed by atoms with E-state index < -0.39 is 11.7 Å². The molecule has 2 rings (SSSR count). The zero-order valence-corrected chi connectivity index (χ0v) is 12.7. The van der Waals surface area contributed by atoms with Crippen LogP contribution in [0.25, 0.3) is 0 Å². The summed E-state index contributed by atoms with van der Waals surface area (Å²) in [5, 5.41) is 2.32. The van der Waals surface area contributed by atoms with E-state index in [-0.39, 0.29) is 0 Å². The lowest BCUT2D eigenvalue weighted by Gasteiger charge is -2.11. The molecule has 0 saturated carbocycles. The third kappa shape index (κ3) is 3.72. The van der Waals surface area contributed by atoms with E-state index in [1.54, 1.807) is 12.1 Å². The Morgan fingerprint density at radius 2 is 1.55 bits per heavy atom. The molecule has 0 aliphatic heterocycles. The fourth-order valence-electron chi connectivity index (χ4n) is 2.05. The largest absolute Gasteiger partial charge is 0.457 e. The van der Waals surface area contributed by atoms with Crippen molar-refractivity contribution in [3.63, 3.8) is 0 Å². The van der Waals surface area contributed by atoms with Crippen LogP contribution in [-0.2, 0) is 6.18 Å². The normalized spacial score (nSPS) is 11.0. The van der Waals surface area contributed by atoms with Gasteiger partial charge in [-0.2, -0.15) is 18.2 Å². The fraction of sp³-hybridized carbons (Fsp3) is 0.188. The van der Waals surface area contributed by atoms with E-state index >= 15 is 0 Å². The van der Waals surface area contributed by atoms with E-state index in [0.29, 0.717) is 11.5 Å². The predicted octanol–water partition coefficient (Wildman–Crippen LogP) is 5.85. The Bertz CT molecular complexity index is 709. The molecule has 2 nitrogen and oxygen atoms in total. The van der Waals surface area contributed by atoms with Crippen molar-refractivity contribution >= 4 is 23.1 Å². The maximum absolute atomic E-state index is 12.5. The fourth-order valence-corrected chi connectivity index (χ4v) is 2.14. The van der Waals surface area contributed by atoms with Crippen LogP contribution in [0.2, 0.25) is 0 Å². The average Bonchev–Trinajstić information content (AvgIpc) is 2.42. The SMILES string of the molecule is Cc1cc(Oc2ccc(C(F)(F)F)cc2)cc(C)c1N=C=S. The highest BCUT2D eigenvalue weighted by Crippen LogP contribution is 2.33. The minimum atomic E-state index is -4.36. The first-order valence-electron chi connectivity index (χ1n) is 6.35. The number of thiocarbonyl (C=S) groups is 1. The Morgan fingerprint density at radius 3 is 2.00 bits per heavy atom. The van der Waals surface area contributed by atoms with E-state index in [4.69, 9.17) is 4.74 Å². The van der Waals surface area contributed by atoms with Crippen LogP contribution < -0.4 is 4.74 Å². The number of hydrogen-bond donors (Lipinski definition) is 0. The van der Waals surface area contributed by atoms with Gasteiger partial charge in [0.25, 0.3) is 0 Å². The number of halogens is 3. The second kappa shape index (κ2) is 6.30. The summed E-state index contributed by atoms with van der Waals surface area (Å²) in [4.78, 5) is 3.98. The molecule has 0 aliphatic rings. The van der Waals surface area contributed by atoms with Crippen molar-refractivity contribution in [1.29, 1.82) is 0 Å². The molecular weight excluding hydrogens is 311 g/mol. The second-order valence-corrected chi connectivity index (χ2v) is 4.92. The van der Waals surface area contributed by atoms with Crippen molar-refractivity contribution in [2.75, 3.05) is 0 Å². The molecular formula is C16H12F3NOS. The Balaban J connectivity index is 2.26. The topological polar surface area (TPSA) is 21.6 Å². The highest BCUT2D eigenvalue weighted by molar-refractivity contribution is 7.78. The molecule has 0 atom stereocenters. The third-order valence-corrected chi connectivity index (χ3v) is 3.13. The van der Waals surface area contributed by atoms with Crippen LogP contribution >= 0.6 is 12.2 Å². The van der Waals surface area contributed by atoms with Gasteiger partial charge in [0.1, 0.15) is 11.5 Å². The van der Waals surface area contributed by atoms with Gasteiger partial charge in [-0.3, -0.25) is 0 Å². The number of ether oxygens (including phenoxy) is 1. The number of hydrogen-bond acceptors (Lipinski definition) is 3. The molecule has 0 aliphatic carbocycles. The predicted molar refractivity (Wildman–Crippen MR) is 82.1 cm³/mol. The molecule has 0 radical (unpaired) electrons. The van der Waals surface area contributed by atoms with Crippen molar-refractivity contribution in [3.8, 4) is 11.5 Å². The lowest BCUT2D eigenvalue weighted by molar-refractivity contribution is -0.137. The van der Waals surface area contributed by atoms with E-state index in [9.17, 15) is 13.2 Å². The van der Waals surface area contributed by atoms with Gasteiger partial charge in [0.2, 0.25) is 0 Å². The van der Waals surface area contributed by atoms with Crippen molar-refractivity contribution in [2.45, 2.75) is 20.0 Å². The van der Waals surface area contributed by atoms with Crippen LogP contribution in [0.5, 0.6) is 11.5 Å². The molecule has 0 aromatic heterocycles. The smallest absolute Gasteiger partial charge is 0.416 e. The summed E-state index contributed by atoms with van der Waals surface area (Å²) in [5.41, 5.74) is 1.70. The van der Waals surface area contributed by atoms with Gasteiger partial charge in [-0.1, -0.05) is 0 Å². The Kier molecular flexibility index (Phi) is 4.64. The maximum Gasteiger partial charge on any atom is 0.416 e. The molecule has 0 amide bonds. The minimum Gasteiger partial charge on any atom is -0.457 e. The van der Waals surface area contributed by atoms with E-state index in [1.807, 2.05) is 13.8 Å². The lowest BCUT2D eigenvalue weighted by atomic mass is 10.1. The Morgan fingerprint density at radius 1 is 1.00 bits per heavy atom. The molecule has 0 fully saturated rings. The number of nitrogens with zero attached hydrogens (tertiary/aromatic N) is 1. The maximum atomic E-state index is 12.5. The number of alkyl halides is 3. The first-order valence-corrected chi connectivity index (χ1v) is 6.76. The highest BCUT2D eigenvalue weighted by atomic mass is 32.1. The van der Waals surface area contributed by atoms with Gasteiger partial charge < -0.3 is 4.74 Å². The molecule has 0 unspecified atom stereocenters. The van der Waals surface area contributed by atoms with E-state index in [0.717, 1.165) is 28.9 Å². The first-order chi connectivity index (χ1) is 10.3. The van der Waals surface area contributed by atoms with Gasteiger partial charge in [0, 0.05) is 0 Å². The number of aliphatic imine (C=N–C) groups is 1. The summed E-state index contributed by atoms with van der Waals surface area (Å²) >= 11 is 4.59. The molecule has 114 valence electrons. The second-order valence-electron chi connectivity index (χ2n) is 4.73. The zero-order chi connectivity index (χ0) is 16.3.